The summed E-state index contributed by atoms with van der Waals surface area (Å²) in [6.45, 7) is 2.19. The molecule has 2 rings (SSSR count). The SMILES string of the molecule is CC1CCCCCC1NC(=O)c1ccc(F)c(S)c1. The van der Waals surface area contributed by atoms with E-state index in [-0.39, 0.29) is 16.8 Å². The molecule has 0 saturated heterocycles. The van der Waals surface area contributed by atoms with E-state index in [1.54, 1.807) is 0 Å². The molecule has 19 heavy (non-hydrogen) atoms. The van der Waals surface area contributed by atoms with Gasteiger partial charge < -0.3 is 5.32 Å². The minimum Gasteiger partial charge on any atom is -0.349 e. The molecule has 0 heterocycles. The Bertz CT molecular complexity index is 463. The fraction of sp³-hybridized carbons (Fsp3) is 0.533. The zero-order valence-corrected chi connectivity index (χ0v) is 12.1. The molecule has 0 radical (unpaired) electrons. The molecule has 0 aliphatic heterocycles. The molecule has 1 aromatic rings. The average molecular weight is 281 g/mol. The highest BCUT2D eigenvalue weighted by Crippen LogP contribution is 2.23. The minimum absolute atomic E-state index is 0.131. The van der Waals surface area contributed by atoms with Gasteiger partial charge in [-0.05, 0) is 37.0 Å². The van der Waals surface area contributed by atoms with Crippen LogP contribution in [0.25, 0.3) is 0 Å². The predicted molar refractivity (Wildman–Crippen MR) is 77.2 cm³/mol. The van der Waals surface area contributed by atoms with Gasteiger partial charge in [0, 0.05) is 16.5 Å². The Morgan fingerprint density at radius 3 is 2.79 bits per heavy atom. The lowest BCUT2D eigenvalue weighted by Crippen LogP contribution is -2.38. The van der Waals surface area contributed by atoms with Gasteiger partial charge in [0.1, 0.15) is 5.82 Å². The second kappa shape index (κ2) is 6.42. The van der Waals surface area contributed by atoms with Gasteiger partial charge >= 0.3 is 0 Å². The third kappa shape index (κ3) is 3.72. The Morgan fingerprint density at radius 1 is 1.32 bits per heavy atom. The first kappa shape index (κ1) is 14.4. The maximum Gasteiger partial charge on any atom is 0.251 e. The molecule has 2 unspecified atom stereocenters. The van der Waals surface area contributed by atoms with Gasteiger partial charge in [0.25, 0.3) is 5.91 Å². The lowest BCUT2D eigenvalue weighted by Gasteiger charge is -2.22. The average Bonchev–Trinajstić information content (AvgIpc) is 2.58. The number of thiol groups is 1. The van der Waals surface area contributed by atoms with Crippen LogP contribution in [-0.4, -0.2) is 11.9 Å². The molecule has 2 atom stereocenters. The number of benzene rings is 1. The van der Waals surface area contributed by atoms with Crippen molar-refractivity contribution >= 4 is 18.5 Å². The molecule has 1 aromatic carbocycles. The highest BCUT2D eigenvalue weighted by Gasteiger charge is 2.22. The first-order valence-corrected chi connectivity index (χ1v) is 7.32. The van der Waals surface area contributed by atoms with E-state index in [0.717, 1.165) is 19.3 Å². The van der Waals surface area contributed by atoms with Gasteiger partial charge in [0.15, 0.2) is 0 Å². The van der Waals surface area contributed by atoms with Gasteiger partial charge in [-0.1, -0.05) is 26.2 Å². The third-order valence-corrected chi connectivity index (χ3v) is 4.23. The fourth-order valence-electron chi connectivity index (χ4n) is 2.61. The zero-order chi connectivity index (χ0) is 13.8. The number of halogens is 1. The van der Waals surface area contributed by atoms with Crippen LogP contribution in [0.1, 0.15) is 49.4 Å². The smallest absolute Gasteiger partial charge is 0.251 e. The molecule has 4 heteroatoms. The van der Waals surface area contributed by atoms with Crippen molar-refractivity contribution in [1.82, 2.24) is 5.32 Å². The van der Waals surface area contributed by atoms with E-state index in [2.05, 4.69) is 24.9 Å². The van der Waals surface area contributed by atoms with Crippen molar-refractivity contribution in [1.29, 1.82) is 0 Å². The normalized spacial score (nSPS) is 23.7. The van der Waals surface area contributed by atoms with E-state index in [0.29, 0.717) is 11.5 Å². The zero-order valence-electron chi connectivity index (χ0n) is 11.2. The number of amides is 1. The molecule has 0 bridgehead atoms. The van der Waals surface area contributed by atoms with E-state index < -0.39 is 5.82 Å². The van der Waals surface area contributed by atoms with E-state index in [9.17, 15) is 9.18 Å². The molecule has 0 spiro atoms. The summed E-state index contributed by atoms with van der Waals surface area (Å²) in [5.41, 5.74) is 0.475. The highest BCUT2D eigenvalue weighted by molar-refractivity contribution is 7.80. The Balaban J connectivity index is 2.05. The van der Waals surface area contributed by atoms with Gasteiger partial charge in [0.2, 0.25) is 0 Å². The Hall–Kier alpha value is -1.03. The Morgan fingerprint density at radius 2 is 2.05 bits per heavy atom. The number of carbonyl (C=O) groups is 1. The van der Waals surface area contributed by atoms with Gasteiger partial charge in [-0.15, -0.1) is 12.6 Å². The summed E-state index contributed by atoms with van der Waals surface area (Å²) in [5.74, 6) is -0.0286. The van der Waals surface area contributed by atoms with Crippen LogP contribution in [0.15, 0.2) is 23.1 Å². The first-order valence-electron chi connectivity index (χ1n) is 6.87. The van der Waals surface area contributed by atoms with Gasteiger partial charge in [-0.3, -0.25) is 4.79 Å². The monoisotopic (exact) mass is 281 g/mol. The molecule has 1 N–H and O–H groups in total. The number of rotatable bonds is 2. The minimum atomic E-state index is -0.400. The van der Waals surface area contributed by atoms with Crippen molar-refractivity contribution in [3.63, 3.8) is 0 Å². The van der Waals surface area contributed by atoms with E-state index in [1.165, 1.54) is 31.0 Å². The van der Waals surface area contributed by atoms with Crippen molar-refractivity contribution < 1.29 is 9.18 Å². The molecule has 1 aliphatic carbocycles. The number of hydrogen-bond acceptors (Lipinski definition) is 2. The van der Waals surface area contributed by atoms with Gasteiger partial charge in [-0.2, -0.15) is 0 Å². The van der Waals surface area contributed by atoms with Crippen molar-refractivity contribution in [3.8, 4) is 0 Å². The van der Waals surface area contributed by atoms with Crippen LogP contribution in [0.2, 0.25) is 0 Å². The highest BCUT2D eigenvalue weighted by atomic mass is 32.1. The van der Waals surface area contributed by atoms with Crippen molar-refractivity contribution in [2.45, 2.75) is 50.0 Å². The van der Waals surface area contributed by atoms with Gasteiger partial charge in [-0.25, -0.2) is 4.39 Å². The summed E-state index contributed by atoms with van der Waals surface area (Å²) in [7, 11) is 0. The maximum atomic E-state index is 13.1. The van der Waals surface area contributed by atoms with Crippen molar-refractivity contribution in [2.75, 3.05) is 0 Å². The molecule has 104 valence electrons. The van der Waals surface area contributed by atoms with Crippen LogP contribution < -0.4 is 5.32 Å². The van der Waals surface area contributed by atoms with Crippen LogP contribution in [0.5, 0.6) is 0 Å². The van der Waals surface area contributed by atoms with E-state index >= 15 is 0 Å². The van der Waals surface area contributed by atoms with Crippen molar-refractivity contribution in [3.05, 3.63) is 29.6 Å². The predicted octanol–water partition coefficient (Wildman–Crippen LogP) is 3.81. The lowest BCUT2D eigenvalue weighted by molar-refractivity contribution is 0.0921. The first-order chi connectivity index (χ1) is 9.08. The molecule has 1 fully saturated rings. The maximum absolute atomic E-state index is 13.1. The number of carbonyl (C=O) groups excluding carboxylic acids is 1. The van der Waals surface area contributed by atoms with E-state index in [4.69, 9.17) is 0 Å². The molecular weight excluding hydrogens is 261 g/mol. The number of hydrogen-bond donors (Lipinski definition) is 2. The summed E-state index contributed by atoms with van der Waals surface area (Å²) in [4.78, 5) is 12.4. The molecule has 2 nitrogen and oxygen atoms in total. The molecular formula is C15H20FNOS. The molecule has 1 amide bonds. The van der Waals surface area contributed by atoms with E-state index in [1.807, 2.05) is 0 Å². The van der Waals surface area contributed by atoms with Crippen LogP contribution in [-0.2, 0) is 0 Å². The summed E-state index contributed by atoms with van der Waals surface area (Å²) in [6.07, 6.45) is 5.84. The summed E-state index contributed by atoms with van der Waals surface area (Å²) in [6, 6.07) is 4.50. The third-order valence-electron chi connectivity index (χ3n) is 3.89. The quantitative estimate of drug-likeness (QED) is 0.626. The van der Waals surface area contributed by atoms with Crippen LogP contribution >= 0.6 is 12.6 Å². The molecule has 1 saturated carbocycles. The molecule has 0 aromatic heterocycles. The van der Waals surface area contributed by atoms with Crippen LogP contribution in [0, 0.1) is 11.7 Å². The summed E-state index contributed by atoms with van der Waals surface area (Å²) < 4.78 is 13.1. The molecule has 1 aliphatic rings. The van der Waals surface area contributed by atoms with Crippen LogP contribution in [0.3, 0.4) is 0 Å². The second-order valence-corrected chi connectivity index (χ2v) is 5.84. The Labute approximate surface area is 119 Å². The largest absolute Gasteiger partial charge is 0.349 e. The summed E-state index contributed by atoms with van der Waals surface area (Å²) in [5, 5.41) is 3.08. The lowest BCUT2D eigenvalue weighted by atomic mass is 9.96. The fourth-order valence-corrected chi connectivity index (χ4v) is 2.83. The number of nitrogens with one attached hydrogen (secondary N) is 1. The topological polar surface area (TPSA) is 29.1 Å². The summed E-state index contributed by atoms with van der Waals surface area (Å²) >= 11 is 4.01. The standard InChI is InChI=1S/C15H20FNOS/c1-10-5-3-2-4-6-13(10)17-15(18)11-7-8-12(16)14(19)9-11/h7-10,13,19H,2-6H2,1H3,(H,17,18). The van der Waals surface area contributed by atoms with Crippen molar-refractivity contribution in [2.24, 2.45) is 5.92 Å². The van der Waals surface area contributed by atoms with Crippen LogP contribution in [0.4, 0.5) is 4.39 Å². The van der Waals surface area contributed by atoms with Gasteiger partial charge in [0.05, 0.1) is 0 Å². The second-order valence-electron chi connectivity index (χ2n) is 5.36. The Kier molecular flexibility index (Phi) is 4.86.